The van der Waals surface area contributed by atoms with E-state index in [1.54, 1.807) is 0 Å². The molecule has 0 spiro atoms. The molecule has 0 fully saturated rings. The molecular weight excluding hydrogens is 293 g/mol. The minimum absolute atomic E-state index is 0.0936. The van der Waals surface area contributed by atoms with E-state index in [1.807, 2.05) is 20.8 Å². The van der Waals surface area contributed by atoms with E-state index in [-0.39, 0.29) is 15.8 Å². The summed E-state index contributed by atoms with van der Waals surface area (Å²) in [5.74, 6) is 0.395. The number of hydrogen-bond donors (Lipinski definition) is 0. The summed E-state index contributed by atoms with van der Waals surface area (Å²) in [6.45, 7) is 5.65. The number of nitrogens with zero attached hydrogens (tertiary/aromatic N) is 4. The van der Waals surface area contributed by atoms with Gasteiger partial charge in [0.1, 0.15) is 5.69 Å². The van der Waals surface area contributed by atoms with Crippen LogP contribution in [-0.4, -0.2) is 20.2 Å². The highest BCUT2D eigenvalue weighted by molar-refractivity contribution is 7.98. The topological polar surface area (TPSA) is 64.7 Å². The van der Waals surface area contributed by atoms with Crippen LogP contribution in [0.4, 0.5) is 13.2 Å². The monoisotopic (exact) mass is 304 g/mol. The van der Waals surface area contributed by atoms with Crippen LogP contribution in [-0.2, 0) is 11.6 Å². The van der Waals surface area contributed by atoms with Crippen LogP contribution in [0.5, 0.6) is 0 Å². The quantitative estimate of drug-likeness (QED) is 0.793. The second-order valence-electron chi connectivity index (χ2n) is 4.95. The van der Waals surface area contributed by atoms with Gasteiger partial charge in [-0.3, -0.25) is 0 Å². The molecule has 2 aromatic rings. The van der Waals surface area contributed by atoms with E-state index in [2.05, 4.69) is 20.2 Å². The van der Waals surface area contributed by atoms with Crippen molar-refractivity contribution in [1.82, 2.24) is 20.2 Å². The Morgan fingerprint density at radius 1 is 1.15 bits per heavy atom. The van der Waals surface area contributed by atoms with Crippen molar-refractivity contribution in [2.45, 2.75) is 42.7 Å². The Morgan fingerprint density at radius 2 is 1.85 bits per heavy atom. The summed E-state index contributed by atoms with van der Waals surface area (Å²) in [5.41, 5.74) is -1.34. The van der Waals surface area contributed by atoms with Crippen molar-refractivity contribution in [2.24, 2.45) is 0 Å². The molecule has 0 aliphatic heterocycles. The number of halogens is 3. The summed E-state index contributed by atoms with van der Waals surface area (Å²) in [6, 6.07) is 0.804. The first-order valence-electron chi connectivity index (χ1n) is 5.58. The first-order chi connectivity index (χ1) is 9.16. The van der Waals surface area contributed by atoms with E-state index in [4.69, 9.17) is 4.42 Å². The van der Waals surface area contributed by atoms with Crippen molar-refractivity contribution in [2.75, 3.05) is 0 Å². The van der Waals surface area contributed by atoms with Crippen LogP contribution in [0.3, 0.4) is 0 Å². The van der Waals surface area contributed by atoms with Crippen LogP contribution >= 0.6 is 11.8 Å². The molecule has 0 unspecified atom stereocenters. The lowest BCUT2D eigenvalue weighted by molar-refractivity contribution is -0.141. The lowest BCUT2D eigenvalue weighted by atomic mass is 9.97. The second kappa shape index (κ2) is 5.04. The molecule has 2 rings (SSSR count). The number of rotatable bonds is 2. The Hall–Kier alpha value is -1.64. The third-order valence-electron chi connectivity index (χ3n) is 2.15. The second-order valence-corrected chi connectivity index (χ2v) is 5.87. The van der Waals surface area contributed by atoms with Gasteiger partial charge in [0, 0.05) is 23.4 Å². The standard InChI is InChI=1S/C11H11F3N4OS/c1-10(2,3)7-17-18-9(19-7)20-8-15-5-4-6(16-8)11(12,13)14/h4-5H,1-3H3. The van der Waals surface area contributed by atoms with Gasteiger partial charge < -0.3 is 4.42 Å². The van der Waals surface area contributed by atoms with Gasteiger partial charge in [0.15, 0.2) is 5.16 Å². The molecule has 2 heterocycles. The first kappa shape index (κ1) is 14.8. The molecular formula is C11H11F3N4OS. The van der Waals surface area contributed by atoms with Crippen molar-refractivity contribution in [1.29, 1.82) is 0 Å². The molecule has 0 saturated carbocycles. The molecule has 9 heteroatoms. The maximum atomic E-state index is 12.5. The minimum atomic E-state index is -4.51. The first-order valence-corrected chi connectivity index (χ1v) is 6.40. The Balaban J connectivity index is 2.20. The van der Waals surface area contributed by atoms with Crippen molar-refractivity contribution in [3.05, 3.63) is 23.8 Å². The molecule has 0 aliphatic carbocycles. The summed E-state index contributed by atoms with van der Waals surface area (Å²) >= 11 is 0.792. The van der Waals surface area contributed by atoms with Gasteiger partial charge in [-0.2, -0.15) is 13.2 Å². The van der Waals surface area contributed by atoms with Crippen molar-refractivity contribution in [3.63, 3.8) is 0 Å². The summed E-state index contributed by atoms with van der Waals surface area (Å²) in [4.78, 5) is 7.15. The van der Waals surface area contributed by atoms with Gasteiger partial charge in [0.05, 0.1) is 0 Å². The number of aromatic nitrogens is 4. The van der Waals surface area contributed by atoms with E-state index >= 15 is 0 Å². The van der Waals surface area contributed by atoms with Gasteiger partial charge in [-0.05, 0) is 6.07 Å². The van der Waals surface area contributed by atoms with E-state index < -0.39 is 11.9 Å². The molecule has 0 amide bonds. The zero-order chi connectivity index (χ0) is 15.0. The molecule has 0 bridgehead atoms. The van der Waals surface area contributed by atoms with Gasteiger partial charge in [-0.25, -0.2) is 9.97 Å². The fraction of sp³-hybridized carbons (Fsp3) is 0.455. The van der Waals surface area contributed by atoms with Crippen molar-refractivity contribution >= 4 is 11.8 Å². The van der Waals surface area contributed by atoms with Crippen molar-refractivity contribution in [3.8, 4) is 0 Å². The maximum Gasteiger partial charge on any atom is 0.433 e. The fourth-order valence-electron chi connectivity index (χ4n) is 1.18. The average Bonchev–Trinajstić information content (AvgIpc) is 2.76. The highest BCUT2D eigenvalue weighted by Crippen LogP contribution is 2.31. The lowest BCUT2D eigenvalue weighted by Crippen LogP contribution is -2.11. The fourth-order valence-corrected chi connectivity index (χ4v) is 1.80. The zero-order valence-electron chi connectivity index (χ0n) is 10.9. The predicted octanol–water partition coefficient (Wildman–Crippen LogP) is 3.33. The molecule has 0 radical (unpaired) electrons. The molecule has 0 saturated heterocycles. The zero-order valence-corrected chi connectivity index (χ0v) is 11.7. The molecule has 0 aliphatic rings. The van der Waals surface area contributed by atoms with E-state index in [0.717, 1.165) is 24.0 Å². The van der Waals surface area contributed by atoms with Gasteiger partial charge in [-0.15, -0.1) is 10.2 Å². The Labute approximate surface area is 117 Å². The predicted molar refractivity (Wildman–Crippen MR) is 64.2 cm³/mol. The largest absolute Gasteiger partial charge is 0.433 e. The van der Waals surface area contributed by atoms with Crippen LogP contribution in [0.15, 0.2) is 27.1 Å². The van der Waals surface area contributed by atoms with Crippen LogP contribution in [0.1, 0.15) is 32.4 Å². The summed E-state index contributed by atoms with van der Waals surface area (Å²) < 4.78 is 42.9. The van der Waals surface area contributed by atoms with E-state index in [1.165, 1.54) is 0 Å². The highest BCUT2D eigenvalue weighted by atomic mass is 32.2. The minimum Gasteiger partial charge on any atom is -0.415 e. The van der Waals surface area contributed by atoms with Crippen LogP contribution in [0.25, 0.3) is 0 Å². The van der Waals surface area contributed by atoms with Crippen LogP contribution < -0.4 is 0 Å². The van der Waals surface area contributed by atoms with Crippen molar-refractivity contribution < 1.29 is 17.6 Å². The summed E-state index contributed by atoms with van der Waals surface area (Å²) in [7, 11) is 0. The Kier molecular flexibility index (Phi) is 3.72. The molecule has 0 N–H and O–H groups in total. The van der Waals surface area contributed by atoms with E-state index in [0.29, 0.717) is 5.89 Å². The number of alkyl halides is 3. The molecule has 2 aromatic heterocycles. The van der Waals surface area contributed by atoms with Gasteiger partial charge in [-0.1, -0.05) is 20.8 Å². The van der Waals surface area contributed by atoms with Gasteiger partial charge in [0.25, 0.3) is 5.22 Å². The van der Waals surface area contributed by atoms with Gasteiger partial charge in [0.2, 0.25) is 5.89 Å². The van der Waals surface area contributed by atoms with Crippen LogP contribution in [0.2, 0.25) is 0 Å². The van der Waals surface area contributed by atoms with Gasteiger partial charge >= 0.3 is 6.18 Å². The Morgan fingerprint density at radius 3 is 2.40 bits per heavy atom. The molecule has 108 valence electrons. The third kappa shape index (κ3) is 3.47. The molecule has 20 heavy (non-hydrogen) atoms. The Bertz CT molecular complexity index is 606. The molecule has 0 atom stereocenters. The average molecular weight is 304 g/mol. The number of hydrogen-bond acceptors (Lipinski definition) is 6. The molecule has 0 aromatic carbocycles. The summed E-state index contributed by atoms with van der Waals surface area (Å²) in [6.07, 6.45) is -3.47. The molecule has 5 nitrogen and oxygen atoms in total. The third-order valence-corrected chi connectivity index (χ3v) is 2.87. The van der Waals surface area contributed by atoms with E-state index in [9.17, 15) is 13.2 Å². The normalized spacial score (nSPS) is 12.7. The smallest absolute Gasteiger partial charge is 0.415 e. The SMILES string of the molecule is CC(C)(C)c1nnc(Sc2nccc(C(F)(F)F)n2)o1. The maximum absolute atomic E-state index is 12.5. The summed E-state index contributed by atoms with van der Waals surface area (Å²) in [5, 5.41) is 7.61. The highest BCUT2D eigenvalue weighted by Gasteiger charge is 2.33. The van der Waals surface area contributed by atoms with Crippen LogP contribution in [0, 0.1) is 0 Å². The lowest BCUT2D eigenvalue weighted by Gasteiger charge is -2.10.